The second kappa shape index (κ2) is 7.80. The molecule has 2 aromatic heterocycles. The fourth-order valence-electron chi connectivity index (χ4n) is 3.68. The van der Waals surface area contributed by atoms with E-state index in [1.165, 1.54) is 6.92 Å². The molecule has 7 heteroatoms. The number of amides is 2. The number of piperidine rings is 1. The summed E-state index contributed by atoms with van der Waals surface area (Å²) in [6.45, 7) is 3.35. The second-order valence-electron chi connectivity index (χ2n) is 7.18. The van der Waals surface area contributed by atoms with Crippen molar-refractivity contribution >= 4 is 17.5 Å². The van der Waals surface area contributed by atoms with Crippen molar-refractivity contribution in [1.82, 2.24) is 24.8 Å². The van der Waals surface area contributed by atoms with Crippen LogP contribution in [-0.2, 0) is 11.3 Å². The lowest BCUT2D eigenvalue weighted by Crippen LogP contribution is -2.39. The Morgan fingerprint density at radius 2 is 1.96 bits per heavy atom. The first kappa shape index (κ1) is 18.2. The summed E-state index contributed by atoms with van der Waals surface area (Å²) in [5, 5.41) is 11.4. The monoisotopic (exact) mass is 377 g/mol. The lowest BCUT2D eigenvalue weighted by Gasteiger charge is -2.32. The van der Waals surface area contributed by atoms with E-state index in [4.69, 9.17) is 0 Å². The zero-order chi connectivity index (χ0) is 19.5. The van der Waals surface area contributed by atoms with Gasteiger partial charge in [-0.05, 0) is 42.7 Å². The van der Waals surface area contributed by atoms with E-state index in [0.29, 0.717) is 18.7 Å². The van der Waals surface area contributed by atoms with Crippen molar-refractivity contribution in [2.45, 2.75) is 32.2 Å². The van der Waals surface area contributed by atoms with Crippen molar-refractivity contribution in [3.05, 3.63) is 65.6 Å². The quantitative estimate of drug-likeness (QED) is 0.757. The van der Waals surface area contributed by atoms with Gasteiger partial charge in [-0.15, -0.1) is 10.2 Å². The van der Waals surface area contributed by atoms with Gasteiger partial charge in [0.15, 0.2) is 5.65 Å². The van der Waals surface area contributed by atoms with Crippen LogP contribution in [0.4, 0.5) is 0 Å². The molecule has 1 saturated heterocycles. The average Bonchev–Trinajstić information content (AvgIpc) is 3.16. The Bertz CT molecular complexity index is 995. The number of fused-ring (bicyclic) bond motifs is 1. The Balaban J connectivity index is 1.47. The van der Waals surface area contributed by atoms with Crippen molar-refractivity contribution in [1.29, 1.82) is 0 Å². The van der Waals surface area contributed by atoms with Crippen LogP contribution < -0.4 is 5.32 Å². The normalized spacial score (nSPS) is 16.9. The molecule has 1 aliphatic rings. The minimum atomic E-state index is -0.0690. The summed E-state index contributed by atoms with van der Waals surface area (Å²) in [5.74, 6) is 1.05. The molecule has 144 valence electrons. The molecule has 28 heavy (non-hydrogen) atoms. The maximum Gasteiger partial charge on any atom is 0.253 e. The third-order valence-electron chi connectivity index (χ3n) is 5.16. The molecule has 3 aromatic rings. The Kier molecular flexibility index (Phi) is 5.06. The molecule has 1 unspecified atom stereocenters. The Hall–Kier alpha value is -3.22. The zero-order valence-corrected chi connectivity index (χ0v) is 15.8. The number of aromatic nitrogens is 3. The maximum atomic E-state index is 13.0. The van der Waals surface area contributed by atoms with Crippen LogP contribution in [0.15, 0.2) is 48.7 Å². The summed E-state index contributed by atoms with van der Waals surface area (Å²) >= 11 is 0. The Morgan fingerprint density at radius 1 is 1.14 bits per heavy atom. The van der Waals surface area contributed by atoms with E-state index in [1.807, 2.05) is 58.0 Å². The van der Waals surface area contributed by atoms with Crippen molar-refractivity contribution < 1.29 is 9.59 Å². The van der Waals surface area contributed by atoms with Gasteiger partial charge in [0, 0.05) is 44.2 Å². The highest BCUT2D eigenvalue weighted by molar-refractivity contribution is 5.94. The molecule has 0 bridgehead atoms. The van der Waals surface area contributed by atoms with Crippen molar-refractivity contribution in [3.63, 3.8) is 0 Å². The van der Waals surface area contributed by atoms with Crippen LogP contribution in [0.25, 0.3) is 5.65 Å². The van der Waals surface area contributed by atoms with Gasteiger partial charge in [-0.3, -0.25) is 14.0 Å². The number of nitrogens with one attached hydrogen (secondary N) is 1. The lowest BCUT2D eigenvalue weighted by atomic mass is 9.96. The molecule has 1 atom stereocenters. The van der Waals surface area contributed by atoms with E-state index >= 15 is 0 Å². The number of nitrogens with zero attached hydrogens (tertiary/aromatic N) is 4. The highest BCUT2D eigenvalue weighted by Crippen LogP contribution is 2.27. The van der Waals surface area contributed by atoms with Gasteiger partial charge < -0.3 is 10.2 Å². The van der Waals surface area contributed by atoms with Gasteiger partial charge in [-0.2, -0.15) is 0 Å². The second-order valence-corrected chi connectivity index (χ2v) is 7.18. The molecular formula is C21H23N5O2. The molecule has 0 spiro atoms. The molecule has 7 nitrogen and oxygen atoms in total. The summed E-state index contributed by atoms with van der Waals surface area (Å²) in [7, 11) is 0. The third kappa shape index (κ3) is 3.74. The first-order valence-electron chi connectivity index (χ1n) is 9.54. The topological polar surface area (TPSA) is 79.6 Å². The largest absolute Gasteiger partial charge is 0.352 e. The summed E-state index contributed by atoms with van der Waals surface area (Å²) in [5.41, 5.74) is 2.47. The zero-order valence-electron chi connectivity index (χ0n) is 15.8. The summed E-state index contributed by atoms with van der Waals surface area (Å²) in [4.78, 5) is 25.9. The number of likely N-dealkylation sites (tertiary alicyclic amines) is 1. The average molecular weight is 377 g/mol. The minimum Gasteiger partial charge on any atom is -0.352 e. The van der Waals surface area contributed by atoms with E-state index in [-0.39, 0.29) is 17.7 Å². The molecule has 1 fully saturated rings. The fraction of sp³-hybridized carbons (Fsp3) is 0.333. The van der Waals surface area contributed by atoms with Crippen molar-refractivity contribution in [2.75, 3.05) is 13.1 Å². The van der Waals surface area contributed by atoms with Gasteiger partial charge in [0.1, 0.15) is 5.82 Å². The number of rotatable bonds is 4. The number of pyridine rings is 1. The number of hydrogen-bond donors (Lipinski definition) is 1. The third-order valence-corrected chi connectivity index (χ3v) is 5.16. The number of carbonyl (C=O) groups is 2. The Morgan fingerprint density at radius 3 is 2.75 bits per heavy atom. The van der Waals surface area contributed by atoms with Crippen LogP contribution in [0.2, 0.25) is 0 Å². The highest BCUT2D eigenvalue weighted by atomic mass is 16.2. The summed E-state index contributed by atoms with van der Waals surface area (Å²) < 4.78 is 2.01. The SMILES string of the molecule is CC(=O)NCc1ccc(C(=O)N2CCCC(c3nnc4ccccn34)C2)cc1. The molecule has 0 saturated carbocycles. The van der Waals surface area contributed by atoms with Gasteiger partial charge in [0.25, 0.3) is 5.91 Å². The summed E-state index contributed by atoms with van der Waals surface area (Å²) in [6, 6.07) is 13.3. The number of carbonyl (C=O) groups excluding carboxylic acids is 2. The first-order chi connectivity index (χ1) is 13.6. The van der Waals surface area contributed by atoms with E-state index in [9.17, 15) is 9.59 Å². The Labute approximate surface area is 163 Å². The molecule has 1 aromatic carbocycles. The molecule has 2 amide bonds. The van der Waals surface area contributed by atoms with Crippen LogP contribution >= 0.6 is 0 Å². The van der Waals surface area contributed by atoms with Gasteiger partial charge in [0.2, 0.25) is 5.91 Å². The van der Waals surface area contributed by atoms with Gasteiger partial charge in [0.05, 0.1) is 0 Å². The van der Waals surface area contributed by atoms with Crippen LogP contribution in [0.1, 0.15) is 47.4 Å². The van der Waals surface area contributed by atoms with E-state index in [2.05, 4.69) is 15.5 Å². The predicted molar refractivity (Wildman–Crippen MR) is 105 cm³/mol. The molecule has 3 heterocycles. The molecule has 1 aliphatic heterocycles. The molecular weight excluding hydrogens is 354 g/mol. The molecule has 0 radical (unpaired) electrons. The fourth-order valence-corrected chi connectivity index (χ4v) is 3.68. The molecule has 1 N–H and O–H groups in total. The van der Waals surface area contributed by atoms with E-state index in [0.717, 1.165) is 36.4 Å². The van der Waals surface area contributed by atoms with Gasteiger partial charge in [-0.25, -0.2) is 0 Å². The van der Waals surface area contributed by atoms with E-state index in [1.54, 1.807) is 0 Å². The van der Waals surface area contributed by atoms with Crippen molar-refractivity contribution in [2.24, 2.45) is 0 Å². The van der Waals surface area contributed by atoms with Gasteiger partial charge in [-0.1, -0.05) is 18.2 Å². The number of hydrogen-bond acceptors (Lipinski definition) is 4. The van der Waals surface area contributed by atoms with E-state index < -0.39 is 0 Å². The van der Waals surface area contributed by atoms with Crippen LogP contribution in [0.3, 0.4) is 0 Å². The predicted octanol–water partition coefficient (Wildman–Crippen LogP) is 2.39. The maximum absolute atomic E-state index is 13.0. The van der Waals surface area contributed by atoms with Crippen molar-refractivity contribution in [3.8, 4) is 0 Å². The molecule has 4 rings (SSSR count). The van der Waals surface area contributed by atoms with Crippen LogP contribution in [0.5, 0.6) is 0 Å². The standard InChI is InChI=1S/C21H23N5O2/c1-15(27)22-13-16-7-9-17(10-8-16)21(28)25-11-4-5-18(14-25)20-24-23-19-6-2-3-12-26(19)20/h2-3,6-10,12,18H,4-5,11,13-14H2,1H3,(H,22,27). The first-order valence-corrected chi connectivity index (χ1v) is 9.54. The highest BCUT2D eigenvalue weighted by Gasteiger charge is 2.28. The van der Waals surface area contributed by atoms with Crippen LogP contribution in [-0.4, -0.2) is 44.4 Å². The number of benzene rings is 1. The smallest absolute Gasteiger partial charge is 0.253 e. The van der Waals surface area contributed by atoms with Gasteiger partial charge >= 0.3 is 0 Å². The minimum absolute atomic E-state index is 0.0320. The summed E-state index contributed by atoms with van der Waals surface area (Å²) in [6.07, 6.45) is 3.91. The lowest BCUT2D eigenvalue weighted by molar-refractivity contribution is -0.119. The van der Waals surface area contributed by atoms with Crippen LogP contribution in [0, 0.1) is 0 Å². The molecule has 0 aliphatic carbocycles.